The van der Waals surface area contributed by atoms with E-state index >= 15 is 0 Å². The Morgan fingerprint density at radius 2 is 2.19 bits per heavy atom. The van der Waals surface area contributed by atoms with Crippen LogP contribution in [0.1, 0.15) is 45.4 Å². The second-order valence-corrected chi connectivity index (χ2v) is 5.63. The van der Waals surface area contributed by atoms with Gasteiger partial charge in [0.05, 0.1) is 11.2 Å². The summed E-state index contributed by atoms with van der Waals surface area (Å²) >= 11 is 0. The van der Waals surface area contributed by atoms with Crippen LogP contribution in [0.5, 0.6) is 0 Å². The molecule has 3 N–H and O–H groups in total. The minimum Gasteiger partial charge on any atom is -0.397 e. The normalized spacial score (nSPS) is 11.2. The lowest BCUT2D eigenvalue weighted by molar-refractivity contribution is -0.121. The van der Waals surface area contributed by atoms with Gasteiger partial charge in [-0.2, -0.15) is 0 Å². The van der Waals surface area contributed by atoms with Gasteiger partial charge in [-0.3, -0.25) is 4.79 Å². The molecule has 0 bridgehead atoms. The number of unbranched alkanes of at least 4 members (excludes halogenated alkanes) is 1. The number of rotatable bonds is 6. The molecule has 1 aromatic carbocycles. The predicted octanol–water partition coefficient (Wildman–Crippen LogP) is 2.66. The van der Waals surface area contributed by atoms with Crippen LogP contribution in [0.25, 0.3) is 11.0 Å². The molecular formula is C16H24N4O. The number of para-hydroxylation sites is 1. The molecule has 1 amide bonds. The number of anilines is 1. The van der Waals surface area contributed by atoms with Crippen molar-refractivity contribution in [3.05, 3.63) is 24.0 Å². The molecule has 0 spiro atoms. The third-order valence-electron chi connectivity index (χ3n) is 3.51. The van der Waals surface area contributed by atoms with Crippen LogP contribution in [0.15, 0.2) is 18.2 Å². The smallest absolute Gasteiger partial charge is 0.240 e. The fourth-order valence-corrected chi connectivity index (χ4v) is 2.40. The topological polar surface area (TPSA) is 72.9 Å². The summed E-state index contributed by atoms with van der Waals surface area (Å²) in [6.07, 6.45) is 2.07. The minimum atomic E-state index is 0.0204. The molecule has 5 heteroatoms. The molecule has 0 fully saturated rings. The summed E-state index contributed by atoms with van der Waals surface area (Å²) in [6.45, 7) is 7.26. The van der Waals surface area contributed by atoms with Gasteiger partial charge in [-0.05, 0) is 18.6 Å². The highest BCUT2D eigenvalue weighted by Gasteiger charge is 2.17. The molecule has 114 valence electrons. The van der Waals surface area contributed by atoms with Gasteiger partial charge in [0, 0.05) is 12.5 Å². The summed E-state index contributed by atoms with van der Waals surface area (Å²) < 4.78 is 1.97. The molecule has 0 aliphatic carbocycles. The lowest BCUT2D eigenvalue weighted by Gasteiger charge is -2.11. The largest absolute Gasteiger partial charge is 0.397 e. The maximum atomic E-state index is 12.1. The Bertz CT molecular complexity index is 630. The quantitative estimate of drug-likeness (QED) is 0.634. The monoisotopic (exact) mass is 288 g/mol. The van der Waals surface area contributed by atoms with Gasteiger partial charge in [-0.15, -0.1) is 0 Å². The van der Waals surface area contributed by atoms with E-state index in [1.165, 1.54) is 0 Å². The summed E-state index contributed by atoms with van der Waals surface area (Å²) in [5.74, 6) is 1.15. The lowest BCUT2D eigenvalue weighted by Crippen LogP contribution is -2.29. The Morgan fingerprint density at radius 3 is 2.86 bits per heavy atom. The highest BCUT2D eigenvalue weighted by atomic mass is 16.1. The molecule has 21 heavy (non-hydrogen) atoms. The molecule has 1 aromatic heterocycles. The van der Waals surface area contributed by atoms with Crippen LogP contribution in [-0.4, -0.2) is 22.0 Å². The molecule has 5 nitrogen and oxygen atoms in total. The van der Waals surface area contributed by atoms with Crippen LogP contribution in [0.3, 0.4) is 0 Å². The molecule has 1 heterocycles. The molecule has 2 aromatic rings. The molecule has 0 saturated carbocycles. The number of imidazole rings is 1. The maximum Gasteiger partial charge on any atom is 0.240 e. The average molecular weight is 288 g/mol. The Morgan fingerprint density at radius 1 is 1.43 bits per heavy atom. The number of nitrogens with two attached hydrogens (primary N) is 1. The average Bonchev–Trinajstić information content (AvgIpc) is 2.80. The molecule has 0 atom stereocenters. The van der Waals surface area contributed by atoms with Crippen molar-refractivity contribution in [2.24, 2.45) is 0 Å². The van der Waals surface area contributed by atoms with Crippen molar-refractivity contribution >= 4 is 22.6 Å². The van der Waals surface area contributed by atoms with Crippen molar-refractivity contribution in [2.75, 3.05) is 12.3 Å². The van der Waals surface area contributed by atoms with E-state index in [4.69, 9.17) is 5.73 Å². The first-order chi connectivity index (χ1) is 10.0. The van der Waals surface area contributed by atoms with Crippen LogP contribution in [0, 0.1) is 0 Å². The number of benzene rings is 1. The molecule has 0 aliphatic rings. The van der Waals surface area contributed by atoms with Crippen molar-refractivity contribution in [2.45, 2.75) is 46.1 Å². The fourth-order valence-electron chi connectivity index (χ4n) is 2.40. The maximum absolute atomic E-state index is 12.1. The van der Waals surface area contributed by atoms with Gasteiger partial charge in [0.1, 0.15) is 17.9 Å². The molecule has 0 aliphatic heterocycles. The number of aromatic nitrogens is 2. The molecule has 0 radical (unpaired) electrons. The number of hydrogen-bond acceptors (Lipinski definition) is 3. The number of hydrogen-bond donors (Lipinski definition) is 2. The van der Waals surface area contributed by atoms with Gasteiger partial charge < -0.3 is 15.6 Å². The van der Waals surface area contributed by atoms with E-state index in [-0.39, 0.29) is 18.4 Å². The fraction of sp³-hybridized carbons (Fsp3) is 0.500. The Kier molecular flexibility index (Phi) is 4.83. The Hall–Kier alpha value is -2.04. The number of carbonyl (C=O) groups is 1. The van der Waals surface area contributed by atoms with E-state index in [1.807, 2.05) is 22.8 Å². The Balaban J connectivity index is 2.30. The SMILES string of the molecule is CCCCNC(=O)Cn1c(C(C)C)nc2c(N)cccc21. The number of nitrogens with zero attached hydrogens (tertiary/aromatic N) is 2. The summed E-state index contributed by atoms with van der Waals surface area (Å²) in [5, 5.41) is 2.95. The molecule has 0 saturated heterocycles. The summed E-state index contributed by atoms with van der Waals surface area (Å²) in [7, 11) is 0. The minimum absolute atomic E-state index is 0.0204. The zero-order chi connectivity index (χ0) is 15.4. The van der Waals surface area contributed by atoms with Crippen LogP contribution in [0.2, 0.25) is 0 Å². The predicted molar refractivity (Wildman–Crippen MR) is 86.2 cm³/mol. The van der Waals surface area contributed by atoms with E-state index < -0.39 is 0 Å². The standard InChI is InChI=1S/C16H24N4O/c1-4-5-9-18-14(21)10-20-13-8-6-7-12(17)15(13)19-16(20)11(2)3/h6-8,11H,4-5,9-10,17H2,1-3H3,(H,18,21). The van der Waals surface area contributed by atoms with Gasteiger partial charge in [0.15, 0.2) is 0 Å². The second kappa shape index (κ2) is 6.61. The summed E-state index contributed by atoms with van der Waals surface area (Å²) in [4.78, 5) is 16.7. The van der Waals surface area contributed by atoms with E-state index in [9.17, 15) is 4.79 Å². The van der Waals surface area contributed by atoms with Gasteiger partial charge in [-0.1, -0.05) is 33.3 Å². The first-order valence-electron chi connectivity index (χ1n) is 7.56. The van der Waals surface area contributed by atoms with Crippen LogP contribution >= 0.6 is 0 Å². The number of nitrogen functional groups attached to an aromatic ring is 1. The lowest BCUT2D eigenvalue weighted by atomic mass is 10.2. The summed E-state index contributed by atoms with van der Waals surface area (Å²) in [6, 6.07) is 5.70. The van der Waals surface area contributed by atoms with Crippen LogP contribution in [0.4, 0.5) is 5.69 Å². The van der Waals surface area contributed by atoms with Crippen molar-refractivity contribution in [3.8, 4) is 0 Å². The van der Waals surface area contributed by atoms with Gasteiger partial charge in [-0.25, -0.2) is 4.98 Å². The van der Waals surface area contributed by atoms with Gasteiger partial charge in [0.25, 0.3) is 0 Å². The van der Waals surface area contributed by atoms with Crippen molar-refractivity contribution in [1.29, 1.82) is 0 Å². The first kappa shape index (κ1) is 15.4. The highest BCUT2D eigenvalue weighted by molar-refractivity contribution is 5.89. The third-order valence-corrected chi connectivity index (χ3v) is 3.51. The highest BCUT2D eigenvalue weighted by Crippen LogP contribution is 2.25. The number of carbonyl (C=O) groups excluding carboxylic acids is 1. The Labute approximate surface area is 125 Å². The third kappa shape index (κ3) is 3.35. The molecule has 2 rings (SSSR count). The molecule has 0 unspecified atom stereocenters. The van der Waals surface area contributed by atoms with Crippen LogP contribution in [-0.2, 0) is 11.3 Å². The first-order valence-corrected chi connectivity index (χ1v) is 7.56. The number of nitrogens with one attached hydrogen (secondary N) is 1. The second-order valence-electron chi connectivity index (χ2n) is 5.63. The summed E-state index contributed by atoms with van der Waals surface area (Å²) in [5.41, 5.74) is 8.34. The van der Waals surface area contributed by atoms with Crippen molar-refractivity contribution in [3.63, 3.8) is 0 Å². The van der Waals surface area contributed by atoms with E-state index in [0.717, 1.165) is 36.2 Å². The molecular weight excluding hydrogens is 264 g/mol. The van der Waals surface area contributed by atoms with Crippen molar-refractivity contribution < 1.29 is 4.79 Å². The zero-order valence-corrected chi connectivity index (χ0v) is 13.0. The van der Waals surface area contributed by atoms with E-state index in [0.29, 0.717) is 5.69 Å². The van der Waals surface area contributed by atoms with Gasteiger partial charge >= 0.3 is 0 Å². The van der Waals surface area contributed by atoms with Gasteiger partial charge in [0.2, 0.25) is 5.91 Å². The number of fused-ring (bicyclic) bond motifs is 1. The van der Waals surface area contributed by atoms with E-state index in [2.05, 4.69) is 31.1 Å². The zero-order valence-electron chi connectivity index (χ0n) is 13.0. The van der Waals surface area contributed by atoms with Crippen molar-refractivity contribution in [1.82, 2.24) is 14.9 Å². The van der Waals surface area contributed by atoms with E-state index in [1.54, 1.807) is 0 Å². The van der Waals surface area contributed by atoms with Crippen LogP contribution < -0.4 is 11.1 Å². The number of amides is 1.